The third kappa shape index (κ3) is 2.54. The second-order valence-electron chi connectivity index (χ2n) is 4.50. The Labute approximate surface area is 102 Å². The molecular weight excluding hydrogens is 216 g/mol. The molecule has 88 valence electrons. The zero-order chi connectivity index (χ0) is 11.5. The van der Waals surface area contributed by atoms with Crippen molar-refractivity contribution in [2.75, 3.05) is 19.6 Å². The molecule has 1 atom stereocenters. The predicted octanol–water partition coefficient (Wildman–Crippen LogP) is 2.71. The van der Waals surface area contributed by atoms with Crippen molar-refractivity contribution < 1.29 is 0 Å². The van der Waals surface area contributed by atoms with E-state index in [0.29, 0.717) is 12.6 Å². The molecule has 0 fully saturated rings. The lowest BCUT2D eigenvalue weighted by molar-refractivity contribution is 0.220. The highest BCUT2D eigenvalue weighted by Crippen LogP contribution is 2.28. The molecule has 1 aliphatic rings. The Hall–Kier alpha value is -0.640. The van der Waals surface area contributed by atoms with Gasteiger partial charge in [0.05, 0.1) is 6.04 Å². The van der Waals surface area contributed by atoms with Crippen LogP contribution in [0.3, 0.4) is 0 Å². The maximum Gasteiger partial charge on any atom is 0.0567 e. The van der Waals surface area contributed by atoms with Crippen LogP contribution in [0, 0.1) is 6.92 Å². The van der Waals surface area contributed by atoms with E-state index in [0.717, 1.165) is 13.1 Å². The van der Waals surface area contributed by atoms with Crippen LogP contribution in [0.15, 0.2) is 23.8 Å². The monoisotopic (exact) mass is 236 g/mol. The largest absolute Gasteiger partial charge is 0.329 e. The Morgan fingerprint density at radius 3 is 2.75 bits per heavy atom. The van der Waals surface area contributed by atoms with Crippen molar-refractivity contribution >= 4 is 11.3 Å². The lowest BCUT2D eigenvalue weighted by atomic mass is 10.1. The molecule has 0 saturated heterocycles. The number of nitrogens with two attached hydrogens (primary N) is 1. The van der Waals surface area contributed by atoms with Gasteiger partial charge >= 0.3 is 0 Å². The lowest BCUT2D eigenvalue weighted by Crippen LogP contribution is -2.36. The maximum atomic E-state index is 5.92. The maximum absolute atomic E-state index is 5.92. The first-order valence-corrected chi connectivity index (χ1v) is 6.68. The summed E-state index contributed by atoms with van der Waals surface area (Å²) >= 11 is 1.87. The van der Waals surface area contributed by atoms with Gasteiger partial charge in [-0.2, -0.15) is 0 Å². The highest BCUT2D eigenvalue weighted by atomic mass is 32.1. The van der Waals surface area contributed by atoms with Crippen LogP contribution in [0.1, 0.15) is 29.1 Å². The molecule has 2 rings (SSSR count). The van der Waals surface area contributed by atoms with Crippen molar-refractivity contribution in [3.63, 3.8) is 0 Å². The molecule has 0 spiro atoms. The number of hydrogen-bond acceptors (Lipinski definition) is 3. The van der Waals surface area contributed by atoms with Crippen molar-refractivity contribution in [1.82, 2.24) is 4.90 Å². The fourth-order valence-corrected chi connectivity index (χ4v) is 3.17. The highest BCUT2D eigenvalue weighted by molar-refractivity contribution is 7.12. The van der Waals surface area contributed by atoms with E-state index in [9.17, 15) is 0 Å². The van der Waals surface area contributed by atoms with Crippen LogP contribution in [0.4, 0.5) is 0 Å². The van der Waals surface area contributed by atoms with E-state index >= 15 is 0 Å². The normalized spacial score (nSPS) is 19.6. The molecule has 0 aromatic carbocycles. The second kappa shape index (κ2) is 5.13. The summed E-state index contributed by atoms with van der Waals surface area (Å²) in [7, 11) is 0. The molecule has 1 aliphatic heterocycles. The van der Waals surface area contributed by atoms with E-state index < -0.39 is 0 Å². The Morgan fingerprint density at radius 2 is 2.25 bits per heavy atom. The van der Waals surface area contributed by atoms with Gasteiger partial charge in [-0.15, -0.1) is 11.3 Å². The zero-order valence-electron chi connectivity index (χ0n) is 10.1. The van der Waals surface area contributed by atoms with Crippen molar-refractivity contribution in [1.29, 1.82) is 0 Å². The Kier molecular flexibility index (Phi) is 3.79. The first-order valence-electron chi connectivity index (χ1n) is 5.87. The molecular formula is C13H20N2S. The van der Waals surface area contributed by atoms with E-state index in [1.165, 1.54) is 21.7 Å². The standard InChI is InChI=1S/C13H20N2S/c1-10-5-7-15(8-6-10)12(9-14)13-4-3-11(2)16-13/h3-5,12H,6-9,14H2,1-2H3. The van der Waals surface area contributed by atoms with Gasteiger partial charge in [-0.1, -0.05) is 11.6 Å². The van der Waals surface area contributed by atoms with Crippen LogP contribution in [0.2, 0.25) is 0 Å². The average molecular weight is 236 g/mol. The lowest BCUT2D eigenvalue weighted by Gasteiger charge is -2.32. The van der Waals surface area contributed by atoms with E-state index in [4.69, 9.17) is 5.73 Å². The van der Waals surface area contributed by atoms with Crippen molar-refractivity contribution in [3.05, 3.63) is 33.5 Å². The third-order valence-electron chi connectivity index (χ3n) is 3.22. The van der Waals surface area contributed by atoms with Crippen LogP contribution in [0.5, 0.6) is 0 Å². The van der Waals surface area contributed by atoms with Gasteiger partial charge in [0, 0.05) is 29.4 Å². The van der Waals surface area contributed by atoms with Crippen LogP contribution < -0.4 is 5.73 Å². The summed E-state index contributed by atoms with van der Waals surface area (Å²) in [5, 5.41) is 0. The second-order valence-corrected chi connectivity index (χ2v) is 5.81. The molecule has 1 aromatic rings. The molecule has 16 heavy (non-hydrogen) atoms. The molecule has 2 heterocycles. The van der Waals surface area contributed by atoms with Crippen molar-refractivity contribution in [2.24, 2.45) is 5.73 Å². The molecule has 1 unspecified atom stereocenters. The molecule has 0 amide bonds. The first kappa shape index (κ1) is 11.8. The molecule has 2 nitrogen and oxygen atoms in total. The van der Waals surface area contributed by atoms with Crippen LogP contribution in [0.25, 0.3) is 0 Å². The van der Waals surface area contributed by atoms with Crippen LogP contribution in [-0.2, 0) is 0 Å². The third-order valence-corrected chi connectivity index (χ3v) is 4.32. The Balaban J connectivity index is 2.11. The number of thiophene rings is 1. The van der Waals surface area contributed by atoms with Crippen molar-refractivity contribution in [3.8, 4) is 0 Å². The minimum Gasteiger partial charge on any atom is -0.329 e. The van der Waals surface area contributed by atoms with Gasteiger partial charge in [-0.25, -0.2) is 0 Å². The number of aryl methyl sites for hydroxylation is 1. The molecule has 0 bridgehead atoms. The Bertz CT molecular complexity index is 381. The van der Waals surface area contributed by atoms with Crippen LogP contribution >= 0.6 is 11.3 Å². The fraction of sp³-hybridized carbons (Fsp3) is 0.538. The summed E-state index contributed by atoms with van der Waals surface area (Å²) in [6, 6.07) is 4.82. The van der Waals surface area contributed by atoms with Crippen LogP contribution in [-0.4, -0.2) is 24.5 Å². The summed E-state index contributed by atoms with van der Waals surface area (Å²) in [5.41, 5.74) is 7.43. The van der Waals surface area contributed by atoms with Crippen molar-refractivity contribution in [2.45, 2.75) is 26.3 Å². The minimum absolute atomic E-state index is 0.406. The van der Waals surface area contributed by atoms with Gasteiger partial charge in [0.1, 0.15) is 0 Å². The van der Waals surface area contributed by atoms with Gasteiger partial charge < -0.3 is 5.73 Å². The summed E-state index contributed by atoms with van der Waals surface area (Å²) < 4.78 is 0. The van der Waals surface area contributed by atoms with E-state index in [-0.39, 0.29) is 0 Å². The zero-order valence-corrected chi connectivity index (χ0v) is 10.9. The number of rotatable bonds is 3. The predicted molar refractivity (Wildman–Crippen MR) is 70.8 cm³/mol. The van der Waals surface area contributed by atoms with Gasteiger partial charge in [0.15, 0.2) is 0 Å². The topological polar surface area (TPSA) is 29.3 Å². The summed E-state index contributed by atoms with van der Waals surface area (Å²) in [6.45, 7) is 7.27. The molecule has 2 N–H and O–H groups in total. The van der Waals surface area contributed by atoms with Gasteiger partial charge in [-0.05, 0) is 32.4 Å². The number of nitrogens with zero attached hydrogens (tertiary/aromatic N) is 1. The van der Waals surface area contributed by atoms with Gasteiger partial charge in [0.2, 0.25) is 0 Å². The van der Waals surface area contributed by atoms with Gasteiger partial charge in [-0.3, -0.25) is 4.90 Å². The molecule has 0 aliphatic carbocycles. The summed E-state index contributed by atoms with van der Waals surface area (Å²) in [4.78, 5) is 5.27. The summed E-state index contributed by atoms with van der Waals surface area (Å²) in [5.74, 6) is 0. The Morgan fingerprint density at radius 1 is 1.44 bits per heavy atom. The highest BCUT2D eigenvalue weighted by Gasteiger charge is 2.21. The molecule has 1 aromatic heterocycles. The average Bonchev–Trinajstić information content (AvgIpc) is 2.69. The van der Waals surface area contributed by atoms with Gasteiger partial charge in [0.25, 0.3) is 0 Å². The molecule has 0 saturated carbocycles. The minimum atomic E-state index is 0.406. The SMILES string of the molecule is CC1=CCN(C(CN)c2ccc(C)s2)CC1. The molecule has 3 heteroatoms. The summed E-state index contributed by atoms with van der Waals surface area (Å²) in [6.07, 6.45) is 3.51. The number of hydrogen-bond donors (Lipinski definition) is 1. The first-order chi connectivity index (χ1) is 7.70. The molecule has 0 radical (unpaired) electrons. The smallest absolute Gasteiger partial charge is 0.0567 e. The van der Waals surface area contributed by atoms with E-state index in [2.05, 4.69) is 37.0 Å². The fourth-order valence-electron chi connectivity index (χ4n) is 2.15. The quantitative estimate of drug-likeness (QED) is 0.818. The van der Waals surface area contributed by atoms with E-state index in [1.54, 1.807) is 0 Å². The van der Waals surface area contributed by atoms with E-state index in [1.807, 2.05) is 11.3 Å².